The highest BCUT2D eigenvalue weighted by Crippen LogP contribution is 2.31. The van der Waals surface area contributed by atoms with Gasteiger partial charge in [0.1, 0.15) is 6.04 Å². The predicted molar refractivity (Wildman–Crippen MR) is 71.4 cm³/mol. The highest BCUT2D eigenvalue weighted by atomic mass is 79.9. The molecule has 1 atom stereocenters. The first-order valence-electron chi connectivity index (χ1n) is 6.04. The summed E-state index contributed by atoms with van der Waals surface area (Å²) in [7, 11) is 0. The Morgan fingerprint density at radius 2 is 2.22 bits per heavy atom. The number of anilines is 1. The van der Waals surface area contributed by atoms with Gasteiger partial charge in [-0.2, -0.15) is 0 Å². The molecule has 0 spiro atoms. The van der Waals surface area contributed by atoms with E-state index in [2.05, 4.69) is 21.2 Å². The summed E-state index contributed by atoms with van der Waals surface area (Å²) in [6, 6.07) is 5.66. The van der Waals surface area contributed by atoms with Crippen LogP contribution in [0.3, 0.4) is 0 Å². The van der Waals surface area contributed by atoms with Crippen LogP contribution in [0.4, 0.5) is 5.69 Å². The van der Waals surface area contributed by atoms with Crippen molar-refractivity contribution in [1.82, 2.24) is 5.32 Å². The maximum absolute atomic E-state index is 12.4. The largest absolute Gasteiger partial charge is 0.344 e. The number of fused-ring (bicyclic) bond motifs is 1. The van der Waals surface area contributed by atoms with Gasteiger partial charge in [0.25, 0.3) is 0 Å². The maximum Gasteiger partial charge on any atom is 0.249 e. The second-order valence-electron chi connectivity index (χ2n) is 4.67. The van der Waals surface area contributed by atoms with E-state index in [1.54, 1.807) is 4.90 Å². The molecule has 0 aliphatic carbocycles. The van der Waals surface area contributed by atoms with Gasteiger partial charge in [0.2, 0.25) is 11.8 Å². The standard InChI is InChI=1S/C13H13BrN2O2/c14-9-2-1-8-5-6-16(11(8)7-9)13(18)10-3-4-12(17)15-10/h1-2,7,10H,3-6H2,(H,15,17)/t10-/m1/s1. The fourth-order valence-electron chi connectivity index (χ4n) is 2.57. The molecule has 1 saturated heterocycles. The van der Waals surface area contributed by atoms with Crippen molar-refractivity contribution in [3.63, 3.8) is 0 Å². The fourth-order valence-corrected chi connectivity index (χ4v) is 2.92. The summed E-state index contributed by atoms with van der Waals surface area (Å²) >= 11 is 3.43. The number of nitrogens with zero attached hydrogens (tertiary/aromatic N) is 1. The number of benzene rings is 1. The molecular weight excluding hydrogens is 296 g/mol. The van der Waals surface area contributed by atoms with Crippen molar-refractivity contribution in [2.45, 2.75) is 25.3 Å². The lowest BCUT2D eigenvalue weighted by molar-refractivity contribution is -0.124. The van der Waals surface area contributed by atoms with Gasteiger partial charge in [-0.15, -0.1) is 0 Å². The Kier molecular flexibility index (Phi) is 2.86. The third kappa shape index (κ3) is 1.92. The van der Waals surface area contributed by atoms with E-state index in [0.717, 1.165) is 16.6 Å². The van der Waals surface area contributed by atoms with Crippen LogP contribution in [0.5, 0.6) is 0 Å². The Hall–Kier alpha value is -1.36. The minimum atomic E-state index is -0.345. The average molecular weight is 309 g/mol. The van der Waals surface area contributed by atoms with Gasteiger partial charge in [-0.3, -0.25) is 9.59 Å². The second-order valence-corrected chi connectivity index (χ2v) is 5.59. The minimum absolute atomic E-state index is 0.0118. The third-order valence-corrected chi connectivity index (χ3v) is 4.00. The summed E-state index contributed by atoms with van der Waals surface area (Å²) < 4.78 is 0.969. The first-order valence-corrected chi connectivity index (χ1v) is 6.83. The first-order chi connectivity index (χ1) is 8.65. The molecule has 94 valence electrons. The minimum Gasteiger partial charge on any atom is -0.344 e. The van der Waals surface area contributed by atoms with E-state index in [-0.39, 0.29) is 17.9 Å². The van der Waals surface area contributed by atoms with E-state index in [4.69, 9.17) is 0 Å². The number of halogens is 1. The molecule has 0 unspecified atom stereocenters. The van der Waals surface area contributed by atoms with Crippen LogP contribution >= 0.6 is 15.9 Å². The molecular formula is C13H13BrN2O2. The molecule has 1 aromatic carbocycles. The van der Waals surface area contributed by atoms with Crippen LogP contribution < -0.4 is 10.2 Å². The van der Waals surface area contributed by atoms with Gasteiger partial charge in [0.05, 0.1) is 0 Å². The van der Waals surface area contributed by atoms with Crippen molar-refractivity contribution in [1.29, 1.82) is 0 Å². The molecule has 18 heavy (non-hydrogen) atoms. The lowest BCUT2D eigenvalue weighted by Gasteiger charge is -2.21. The lowest BCUT2D eigenvalue weighted by Crippen LogP contribution is -2.43. The van der Waals surface area contributed by atoms with Crippen LogP contribution in [0.1, 0.15) is 18.4 Å². The van der Waals surface area contributed by atoms with Gasteiger partial charge in [0.15, 0.2) is 0 Å². The zero-order valence-corrected chi connectivity index (χ0v) is 11.4. The number of carbonyl (C=O) groups excluding carboxylic acids is 2. The summed E-state index contributed by atoms with van der Waals surface area (Å²) in [4.78, 5) is 25.3. The van der Waals surface area contributed by atoms with E-state index in [1.165, 1.54) is 5.56 Å². The Morgan fingerprint density at radius 1 is 1.39 bits per heavy atom. The molecule has 0 saturated carbocycles. The first kappa shape index (κ1) is 11.7. The van der Waals surface area contributed by atoms with Crippen molar-refractivity contribution >= 4 is 33.4 Å². The van der Waals surface area contributed by atoms with Crippen molar-refractivity contribution in [2.24, 2.45) is 0 Å². The van der Waals surface area contributed by atoms with Crippen LogP contribution in [0.25, 0.3) is 0 Å². The number of nitrogens with one attached hydrogen (secondary N) is 1. The van der Waals surface area contributed by atoms with Gasteiger partial charge >= 0.3 is 0 Å². The molecule has 2 aliphatic heterocycles. The number of hydrogen-bond donors (Lipinski definition) is 1. The monoisotopic (exact) mass is 308 g/mol. The Morgan fingerprint density at radius 3 is 2.94 bits per heavy atom. The van der Waals surface area contributed by atoms with Crippen LogP contribution in [0.2, 0.25) is 0 Å². The SMILES string of the molecule is O=C1CC[C@H](C(=O)N2CCc3ccc(Br)cc32)N1. The van der Waals surface area contributed by atoms with E-state index >= 15 is 0 Å². The molecule has 3 rings (SSSR count). The van der Waals surface area contributed by atoms with Gasteiger partial charge in [-0.1, -0.05) is 22.0 Å². The number of amides is 2. The highest BCUT2D eigenvalue weighted by Gasteiger charge is 2.34. The molecule has 0 aromatic heterocycles. The van der Waals surface area contributed by atoms with Crippen molar-refractivity contribution in [3.8, 4) is 0 Å². The summed E-state index contributed by atoms with van der Waals surface area (Å²) in [5, 5.41) is 2.73. The molecule has 1 aromatic rings. The summed E-state index contributed by atoms with van der Waals surface area (Å²) in [6.45, 7) is 0.705. The zero-order valence-electron chi connectivity index (χ0n) is 9.78. The second kappa shape index (κ2) is 4.39. The third-order valence-electron chi connectivity index (χ3n) is 3.50. The number of carbonyl (C=O) groups is 2. The lowest BCUT2D eigenvalue weighted by atomic mass is 10.1. The highest BCUT2D eigenvalue weighted by molar-refractivity contribution is 9.10. The molecule has 5 heteroatoms. The van der Waals surface area contributed by atoms with Crippen LogP contribution in [-0.4, -0.2) is 24.4 Å². The van der Waals surface area contributed by atoms with Crippen molar-refractivity contribution in [3.05, 3.63) is 28.2 Å². The average Bonchev–Trinajstić information content (AvgIpc) is 2.94. The van der Waals surface area contributed by atoms with E-state index < -0.39 is 0 Å². The Labute approximate surface area is 113 Å². The van der Waals surface area contributed by atoms with Crippen LogP contribution in [-0.2, 0) is 16.0 Å². The number of hydrogen-bond acceptors (Lipinski definition) is 2. The molecule has 0 bridgehead atoms. The normalized spacial score (nSPS) is 21.9. The Balaban J connectivity index is 1.85. The van der Waals surface area contributed by atoms with Gasteiger partial charge < -0.3 is 10.2 Å². The summed E-state index contributed by atoms with van der Waals surface area (Å²) in [6.07, 6.45) is 1.95. The molecule has 4 nitrogen and oxygen atoms in total. The molecule has 2 aliphatic rings. The maximum atomic E-state index is 12.4. The zero-order chi connectivity index (χ0) is 12.7. The van der Waals surface area contributed by atoms with Crippen LogP contribution in [0, 0.1) is 0 Å². The smallest absolute Gasteiger partial charge is 0.249 e. The van der Waals surface area contributed by atoms with Gasteiger partial charge in [0, 0.05) is 23.1 Å². The van der Waals surface area contributed by atoms with E-state index in [9.17, 15) is 9.59 Å². The fraction of sp³-hybridized carbons (Fsp3) is 0.385. The van der Waals surface area contributed by atoms with Gasteiger partial charge in [-0.05, 0) is 30.5 Å². The molecule has 1 fully saturated rings. The van der Waals surface area contributed by atoms with Crippen molar-refractivity contribution in [2.75, 3.05) is 11.4 Å². The number of rotatable bonds is 1. The predicted octanol–water partition coefficient (Wildman–Crippen LogP) is 1.62. The molecule has 0 radical (unpaired) electrons. The summed E-state index contributed by atoms with van der Waals surface area (Å²) in [5.74, 6) is -0.0142. The topological polar surface area (TPSA) is 49.4 Å². The molecule has 2 heterocycles. The molecule has 1 N–H and O–H groups in total. The molecule has 2 amide bonds. The van der Waals surface area contributed by atoms with E-state index in [0.29, 0.717) is 19.4 Å². The van der Waals surface area contributed by atoms with Crippen LogP contribution in [0.15, 0.2) is 22.7 Å². The summed E-state index contributed by atoms with van der Waals surface area (Å²) in [5.41, 5.74) is 2.16. The van der Waals surface area contributed by atoms with Gasteiger partial charge in [-0.25, -0.2) is 0 Å². The Bertz CT molecular complexity index is 530. The van der Waals surface area contributed by atoms with Crippen molar-refractivity contribution < 1.29 is 9.59 Å². The quantitative estimate of drug-likeness (QED) is 0.857. The van der Waals surface area contributed by atoms with E-state index in [1.807, 2.05) is 18.2 Å².